The molecular formula is C37H27ClO4SeTe. The van der Waals surface area contributed by atoms with Crippen LogP contribution >= 0.6 is 0 Å². The number of hydrogen-bond acceptors (Lipinski definition) is 4. The Bertz CT molecular complexity index is 1800. The molecule has 7 heteroatoms. The molecule has 0 aliphatic carbocycles. The molecule has 0 aromatic heterocycles. The summed E-state index contributed by atoms with van der Waals surface area (Å²) in [7, 11) is -4.62. The number of halogens is 1. The van der Waals surface area contributed by atoms with Crippen molar-refractivity contribution in [2.75, 3.05) is 0 Å². The minimum atomic E-state index is -4.62. The van der Waals surface area contributed by atoms with E-state index in [1.54, 1.807) is 0 Å². The minimum absolute atomic E-state index is 0.583. The summed E-state index contributed by atoms with van der Waals surface area (Å²) in [4.78, 5) is 0. The standard InChI is InChI=1S/C37H27ClO4SeTe/c39-38(40,41)42-43-34(30-16-5-1-6-17-30)24-28(25-35(43)31-18-7-2-8-19-31)14-13-15-29-26-36(32-20-9-3-10-21-32)44-37(27-29)33-22-11-4-12-23-33/h1-27H/b14-13+. The van der Waals surface area contributed by atoms with Gasteiger partial charge in [0, 0.05) is 0 Å². The van der Waals surface area contributed by atoms with Crippen LogP contribution in [0.1, 0.15) is 22.3 Å². The van der Waals surface area contributed by atoms with Gasteiger partial charge in [0.1, 0.15) is 0 Å². The van der Waals surface area contributed by atoms with Crippen LogP contribution in [0.25, 0.3) is 11.7 Å². The van der Waals surface area contributed by atoms with Gasteiger partial charge in [-0.1, -0.05) is 0 Å². The van der Waals surface area contributed by atoms with Crippen LogP contribution in [0.3, 0.4) is 0 Å². The molecule has 0 fully saturated rings. The fraction of sp³-hybridized carbons (Fsp3) is 0. The van der Waals surface area contributed by atoms with Crippen molar-refractivity contribution in [3.63, 3.8) is 0 Å². The molecule has 4 aromatic rings. The van der Waals surface area contributed by atoms with Gasteiger partial charge in [-0.25, -0.2) is 0 Å². The van der Waals surface area contributed by atoms with Gasteiger partial charge in [-0.3, -0.25) is 0 Å². The Morgan fingerprint density at radius 2 is 1.05 bits per heavy atom. The zero-order chi connectivity index (χ0) is 30.4. The van der Waals surface area contributed by atoms with Gasteiger partial charge < -0.3 is 0 Å². The van der Waals surface area contributed by atoms with Gasteiger partial charge in [0.25, 0.3) is 0 Å². The van der Waals surface area contributed by atoms with Crippen molar-refractivity contribution < 1.29 is 27.6 Å². The van der Waals surface area contributed by atoms with Crippen molar-refractivity contribution in [2.45, 2.75) is 0 Å². The second kappa shape index (κ2) is 14.2. The van der Waals surface area contributed by atoms with E-state index in [1.165, 1.54) is 18.4 Å². The normalized spacial score (nSPS) is 17.1. The molecule has 0 bridgehead atoms. The number of hydrogen-bond donors (Lipinski definition) is 0. The van der Waals surface area contributed by atoms with Crippen molar-refractivity contribution >= 4 is 50.8 Å². The summed E-state index contributed by atoms with van der Waals surface area (Å²) in [5, 5.41) is 0. The van der Waals surface area contributed by atoms with E-state index in [2.05, 4.69) is 66.8 Å². The van der Waals surface area contributed by atoms with Crippen LogP contribution in [0.4, 0.5) is 0 Å². The SMILES string of the molecule is [O-][Cl+3]([O-])([O-])O[Se]1=C(c2ccccc2)C=C(/C=C/C=C2C=C(c3ccccc3)[Te]C(c3ccccc3)=C2)C=C1c1ccccc1. The van der Waals surface area contributed by atoms with Gasteiger partial charge in [-0.2, -0.15) is 0 Å². The molecule has 2 heterocycles. The van der Waals surface area contributed by atoms with Gasteiger partial charge in [0.15, 0.2) is 0 Å². The predicted molar refractivity (Wildman–Crippen MR) is 172 cm³/mol. The Balaban J connectivity index is 1.42. The van der Waals surface area contributed by atoms with Gasteiger partial charge in [0.05, 0.1) is 0 Å². The van der Waals surface area contributed by atoms with Crippen LogP contribution in [-0.4, -0.2) is 39.1 Å². The van der Waals surface area contributed by atoms with Crippen LogP contribution in [0.2, 0.25) is 0 Å². The maximum atomic E-state index is 11.9. The zero-order valence-electron chi connectivity index (χ0n) is 23.4. The van der Waals surface area contributed by atoms with Gasteiger partial charge >= 0.3 is 276 Å². The molecule has 0 saturated heterocycles. The van der Waals surface area contributed by atoms with Crippen LogP contribution < -0.4 is 14.0 Å². The van der Waals surface area contributed by atoms with Crippen LogP contribution in [0.5, 0.6) is 0 Å². The Morgan fingerprint density at radius 1 is 0.568 bits per heavy atom. The number of allylic oxidation sites excluding steroid dienone is 9. The molecule has 4 aromatic carbocycles. The molecule has 0 saturated carbocycles. The summed E-state index contributed by atoms with van der Waals surface area (Å²) in [6.45, 7) is 0. The molecule has 0 amide bonds. The molecular weight excluding hydrogens is 750 g/mol. The summed E-state index contributed by atoms with van der Waals surface area (Å²) in [6, 6.07) is 40.1. The topological polar surface area (TPSA) is 78.4 Å². The molecule has 0 N–H and O–H groups in total. The van der Waals surface area contributed by atoms with Crippen LogP contribution in [0, 0.1) is 10.2 Å². The summed E-state index contributed by atoms with van der Waals surface area (Å²) < 4.78 is 45.1. The van der Waals surface area contributed by atoms with Crippen molar-refractivity contribution in [3.05, 3.63) is 197 Å². The third-order valence-corrected chi connectivity index (χ3v) is 15.2. The molecule has 6 rings (SSSR count). The zero-order valence-corrected chi connectivity index (χ0v) is 28.2. The van der Waals surface area contributed by atoms with Crippen LogP contribution in [0.15, 0.2) is 175 Å². The molecule has 2 aliphatic rings. The van der Waals surface area contributed by atoms with Crippen molar-refractivity contribution in [2.24, 2.45) is 0 Å². The molecule has 1 unspecified atom stereocenters. The first-order valence-electron chi connectivity index (χ1n) is 13.8. The van der Waals surface area contributed by atoms with E-state index >= 15 is 0 Å². The average Bonchev–Trinajstić information content (AvgIpc) is 3.06. The molecule has 1 atom stereocenters. The maximum absolute atomic E-state index is 11.9. The third kappa shape index (κ3) is 7.82. The first-order valence-corrected chi connectivity index (χ1v) is 19.8. The van der Waals surface area contributed by atoms with E-state index in [0.29, 0.717) is 8.89 Å². The summed E-state index contributed by atoms with van der Waals surface area (Å²) in [5.41, 5.74) is 6.14. The summed E-state index contributed by atoms with van der Waals surface area (Å²) in [6.07, 6.45) is 14.6. The average molecular weight is 778 g/mol. The summed E-state index contributed by atoms with van der Waals surface area (Å²) >= 11 is -3.30. The number of rotatable bonds is 8. The fourth-order valence-corrected chi connectivity index (χ4v) is 13.1. The second-order valence-corrected chi connectivity index (χ2v) is 17.6. The molecule has 218 valence electrons. The summed E-state index contributed by atoms with van der Waals surface area (Å²) in [5.74, 6) is 0. The van der Waals surface area contributed by atoms with Gasteiger partial charge in [-0.05, 0) is 0 Å². The fourth-order valence-electron chi connectivity index (χ4n) is 4.77. The van der Waals surface area contributed by atoms with E-state index in [1.807, 2.05) is 97.1 Å². The van der Waals surface area contributed by atoms with Crippen molar-refractivity contribution in [1.29, 1.82) is 0 Å². The van der Waals surface area contributed by atoms with Crippen molar-refractivity contribution in [3.8, 4) is 0 Å². The van der Waals surface area contributed by atoms with Gasteiger partial charge in [-0.15, -0.1) is 0 Å². The Labute approximate surface area is 273 Å². The Hall–Kier alpha value is -3.37. The first-order chi connectivity index (χ1) is 21.4. The van der Waals surface area contributed by atoms with E-state index in [0.717, 1.165) is 22.3 Å². The predicted octanol–water partition coefficient (Wildman–Crippen LogP) is 4.54. The van der Waals surface area contributed by atoms with Gasteiger partial charge in [0.2, 0.25) is 0 Å². The molecule has 4 nitrogen and oxygen atoms in total. The second-order valence-electron chi connectivity index (χ2n) is 9.84. The monoisotopic (exact) mass is 780 g/mol. The first kappa shape index (κ1) is 30.6. The molecule has 2 aliphatic heterocycles. The number of benzene rings is 4. The molecule has 0 radical (unpaired) electrons. The van der Waals surface area contributed by atoms with Crippen LogP contribution in [-0.2, 0) is 3.37 Å². The molecule has 44 heavy (non-hydrogen) atoms. The van der Waals surface area contributed by atoms with E-state index in [4.69, 9.17) is 3.37 Å². The third-order valence-electron chi connectivity index (χ3n) is 6.76. The Kier molecular flexibility index (Phi) is 9.86. The van der Waals surface area contributed by atoms with Crippen molar-refractivity contribution in [1.82, 2.24) is 0 Å². The van der Waals surface area contributed by atoms with E-state index < -0.39 is 45.0 Å². The quantitative estimate of drug-likeness (QED) is 0.247. The van der Waals surface area contributed by atoms with E-state index in [9.17, 15) is 14.0 Å². The Morgan fingerprint density at radius 3 is 1.55 bits per heavy atom. The van der Waals surface area contributed by atoms with E-state index in [-0.39, 0.29) is 0 Å². The molecule has 0 spiro atoms.